The van der Waals surface area contributed by atoms with Crippen LogP contribution < -0.4 is 10.9 Å². The first kappa shape index (κ1) is 16.0. The summed E-state index contributed by atoms with van der Waals surface area (Å²) in [5, 5.41) is 12.4. The molecule has 1 heterocycles. The number of hydrogen-bond acceptors (Lipinski definition) is 4. The van der Waals surface area contributed by atoms with Gasteiger partial charge in [-0.2, -0.15) is 0 Å². The molecule has 0 unspecified atom stereocenters. The molecule has 0 aliphatic carbocycles. The lowest BCUT2D eigenvalue weighted by molar-refractivity contribution is 0.102. The topological polar surface area (TPSA) is 79.5 Å². The Hall–Kier alpha value is -2.92. The van der Waals surface area contributed by atoms with E-state index in [2.05, 4.69) is 5.32 Å². The molecule has 1 aromatic heterocycles. The van der Waals surface area contributed by atoms with E-state index in [1.54, 1.807) is 31.2 Å². The number of para-hydroxylation sites is 1. The van der Waals surface area contributed by atoms with Crippen molar-refractivity contribution in [1.29, 1.82) is 0 Å². The number of aliphatic hydroxyl groups is 1. The van der Waals surface area contributed by atoms with Gasteiger partial charge in [0.2, 0.25) is 0 Å². The van der Waals surface area contributed by atoms with Gasteiger partial charge in [-0.25, -0.2) is 4.79 Å². The average Bonchev–Trinajstić information content (AvgIpc) is 2.57. The van der Waals surface area contributed by atoms with E-state index in [0.717, 1.165) is 10.9 Å². The molecule has 0 saturated heterocycles. The summed E-state index contributed by atoms with van der Waals surface area (Å²) in [6, 6.07) is 14.2. The SMILES string of the molecule is Cc1c(C(=O)Nc2ccc(CCO)cc2)c(=O)oc2ccccc12. The fourth-order valence-corrected chi connectivity index (χ4v) is 2.64. The van der Waals surface area contributed by atoms with Gasteiger partial charge in [0.25, 0.3) is 5.91 Å². The van der Waals surface area contributed by atoms with Crippen molar-refractivity contribution in [1.82, 2.24) is 0 Å². The van der Waals surface area contributed by atoms with Gasteiger partial charge < -0.3 is 14.8 Å². The number of rotatable bonds is 4. The van der Waals surface area contributed by atoms with Crippen LogP contribution >= 0.6 is 0 Å². The number of amides is 1. The Balaban J connectivity index is 1.92. The van der Waals surface area contributed by atoms with E-state index in [1.165, 1.54) is 0 Å². The summed E-state index contributed by atoms with van der Waals surface area (Å²) < 4.78 is 5.24. The molecule has 0 atom stereocenters. The molecule has 3 rings (SSSR count). The predicted molar refractivity (Wildman–Crippen MR) is 92.4 cm³/mol. The van der Waals surface area contributed by atoms with Crippen molar-refractivity contribution in [3.8, 4) is 0 Å². The molecule has 24 heavy (non-hydrogen) atoms. The maximum atomic E-state index is 12.5. The first-order valence-corrected chi connectivity index (χ1v) is 7.63. The third kappa shape index (κ3) is 3.07. The Bertz CT molecular complexity index is 942. The van der Waals surface area contributed by atoms with Crippen LogP contribution in [0.2, 0.25) is 0 Å². The lowest BCUT2D eigenvalue weighted by Crippen LogP contribution is -2.22. The van der Waals surface area contributed by atoms with E-state index in [0.29, 0.717) is 23.3 Å². The molecule has 1 amide bonds. The smallest absolute Gasteiger partial charge is 0.349 e. The van der Waals surface area contributed by atoms with Crippen LogP contribution in [0.4, 0.5) is 5.69 Å². The molecule has 0 aliphatic rings. The van der Waals surface area contributed by atoms with Gasteiger partial charge in [0.15, 0.2) is 0 Å². The zero-order valence-electron chi connectivity index (χ0n) is 13.2. The van der Waals surface area contributed by atoms with Gasteiger partial charge >= 0.3 is 5.63 Å². The molecular weight excluding hydrogens is 306 g/mol. The monoisotopic (exact) mass is 323 g/mol. The largest absolute Gasteiger partial charge is 0.422 e. The van der Waals surface area contributed by atoms with Crippen LogP contribution in [0.5, 0.6) is 0 Å². The van der Waals surface area contributed by atoms with E-state index in [9.17, 15) is 9.59 Å². The van der Waals surface area contributed by atoms with Crippen molar-refractivity contribution in [3.63, 3.8) is 0 Å². The summed E-state index contributed by atoms with van der Waals surface area (Å²) in [7, 11) is 0. The highest BCUT2D eigenvalue weighted by molar-refractivity contribution is 6.07. The van der Waals surface area contributed by atoms with Gasteiger partial charge in [-0.05, 0) is 42.7 Å². The maximum absolute atomic E-state index is 12.5. The van der Waals surface area contributed by atoms with Gasteiger partial charge in [-0.1, -0.05) is 30.3 Å². The van der Waals surface area contributed by atoms with Gasteiger partial charge in [-0.3, -0.25) is 4.79 Å². The number of benzene rings is 2. The minimum Gasteiger partial charge on any atom is -0.422 e. The normalized spacial score (nSPS) is 10.8. The predicted octanol–water partition coefficient (Wildman–Crippen LogP) is 2.89. The molecule has 122 valence electrons. The summed E-state index contributed by atoms with van der Waals surface area (Å²) >= 11 is 0. The van der Waals surface area contributed by atoms with Crippen LogP contribution in [-0.2, 0) is 6.42 Å². The number of fused-ring (bicyclic) bond motifs is 1. The number of aliphatic hydroxyl groups excluding tert-OH is 1. The lowest BCUT2D eigenvalue weighted by Gasteiger charge is -2.09. The van der Waals surface area contributed by atoms with Crippen LogP contribution in [0.3, 0.4) is 0 Å². The number of nitrogens with one attached hydrogen (secondary N) is 1. The zero-order valence-corrected chi connectivity index (χ0v) is 13.2. The van der Waals surface area contributed by atoms with Crippen molar-refractivity contribution in [2.75, 3.05) is 11.9 Å². The molecule has 0 radical (unpaired) electrons. The van der Waals surface area contributed by atoms with Gasteiger partial charge in [0, 0.05) is 17.7 Å². The molecule has 3 aromatic rings. The Kier molecular flexibility index (Phi) is 4.44. The van der Waals surface area contributed by atoms with E-state index >= 15 is 0 Å². The van der Waals surface area contributed by atoms with Crippen molar-refractivity contribution in [2.45, 2.75) is 13.3 Å². The Morgan fingerprint density at radius 1 is 1.12 bits per heavy atom. The second kappa shape index (κ2) is 6.68. The minimum atomic E-state index is -0.652. The third-order valence-corrected chi connectivity index (χ3v) is 3.91. The Morgan fingerprint density at radius 3 is 2.54 bits per heavy atom. The summed E-state index contributed by atoms with van der Waals surface area (Å²) in [5.41, 5.74) is 1.96. The number of aryl methyl sites for hydroxylation is 1. The Labute approximate surface area is 138 Å². The minimum absolute atomic E-state index is 0.00753. The van der Waals surface area contributed by atoms with Crippen molar-refractivity contribution in [3.05, 3.63) is 75.6 Å². The van der Waals surface area contributed by atoms with Crippen LogP contribution in [0.15, 0.2) is 57.7 Å². The number of carbonyl (C=O) groups excluding carboxylic acids is 1. The molecule has 0 saturated carbocycles. The zero-order chi connectivity index (χ0) is 17.1. The summed E-state index contributed by atoms with van der Waals surface area (Å²) in [6.07, 6.45) is 0.557. The highest BCUT2D eigenvalue weighted by Gasteiger charge is 2.18. The van der Waals surface area contributed by atoms with Crippen LogP contribution in [0.25, 0.3) is 11.0 Å². The van der Waals surface area contributed by atoms with Crippen molar-refractivity contribution >= 4 is 22.6 Å². The van der Waals surface area contributed by atoms with E-state index < -0.39 is 11.5 Å². The van der Waals surface area contributed by atoms with Crippen LogP contribution in [0.1, 0.15) is 21.5 Å². The van der Waals surface area contributed by atoms with E-state index in [4.69, 9.17) is 9.52 Å². The second-order valence-corrected chi connectivity index (χ2v) is 5.51. The molecule has 0 spiro atoms. The van der Waals surface area contributed by atoms with E-state index in [1.807, 2.05) is 24.3 Å². The molecule has 5 heteroatoms. The first-order valence-electron chi connectivity index (χ1n) is 7.63. The van der Waals surface area contributed by atoms with Crippen molar-refractivity contribution < 1.29 is 14.3 Å². The number of hydrogen-bond donors (Lipinski definition) is 2. The fraction of sp³-hybridized carbons (Fsp3) is 0.158. The van der Waals surface area contributed by atoms with Gasteiger partial charge in [-0.15, -0.1) is 0 Å². The van der Waals surface area contributed by atoms with E-state index in [-0.39, 0.29) is 12.2 Å². The first-order chi connectivity index (χ1) is 11.6. The van der Waals surface area contributed by atoms with Crippen LogP contribution in [0, 0.1) is 6.92 Å². The molecule has 2 N–H and O–H groups in total. The molecule has 0 aliphatic heterocycles. The van der Waals surface area contributed by atoms with Gasteiger partial charge in [0.1, 0.15) is 11.1 Å². The van der Waals surface area contributed by atoms with Gasteiger partial charge in [0.05, 0.1) is 0 Å². The second-order valence-electron chi connectivity index (χ2n) is 5.51. The molecule has 0 fully saturated rings. The summed E-state index contributed by atoms with van der Waals surface area (Å²) in [5.74, 6) is -0.498. The standard InChI is InChI=1S/C19H17NO4/c1-12-15-4-2-3-5-16(15)24-19(23)17(12)18(22)20-14-8-6-13(7-9-14)10-11-21/h2-9,21H,10-11H2,1H3,(H,20,22). The summed E-state index contributed by atoms with van der Waals surface area (Å²) in [6.45, 7) is 1.81. The highest BCUT2D eigenvalue weighted by Crippen LogP contribution is 2.20. The molecule has 2 aromatic carbocycles. The third-order valence-electron chi connectivity index (χ3n) is 3.91. The quantitative estimate of drug-likeness (QED) is 0.724. The Morgan fingerprint density at radius 2 is 1.83 bits per heavy atom. The summed E-state index contributed by atoms with van der Waals surface area (Å²) in [4.78, 5) is 24.7. The molecular formula is C19H17NO4. The van der Waals surface area contributed by atoms with Crippen LogP contribution in [-0.4, -0.2) is 17.6 Å². The molecule has 5 nitrogen and oxygen atoms in total. The lowest BCUT2D eigenvalue weighted by atomic mass is 10.1. The maximum Gasteiger partial charge on any atom is 0.349 e. The fourth-order valence-electron chi connectivity index (χ4n) is 2.64. The molecule has 0 bridgehead atoms. The highest BCUT2D eigenvalue weighted by atomic mass is 16.4. The number of anilines is 1. The number of carbonyl (C=O) groups is 1. The van der Waals surface area contributed by atoms with Crippen molar-refractivity contribution in [2.24, 2.45) is 0 Å². The average molecular weight is 323 g/mol.